The first kappa shape index (κ1) is 13.1. The fourth-order valence-electron chi connectivity index (χ4n) is 2.04. The molecular weight excluding hydrogens is 246 g/mol. The van der Waals surface area contributed by atoms with Crippen molar-refractivity contribution >= 4 is 10.0 Å². The summed E-state index contributed by atoms with van der Waals surface area (Å²) in [6.07, 6.45) is 1.76. The molecule has 1 aromatic rings. The summed E-state index contributed by atoms with van der Waals surface area (Å²) in [7, 11) is -3.41. The Hall–Kier alpha value is -1.39. The van der Waals surface area contributed by atoms with Gasteiger partial charge in [0.2, 0.25) is 10.0 Å². The Morgan fingerprint density at radius 2 is 1.94 bits per heavy atom. The van der Waals surface area contributed by atoms with Crippen LogP contribution in [0.2, 0.25) is 0 Å². The molecule has 18 heavy (non-hydrogen) atoms. The van der Waals surface area contributed by atoms with E-state index < -0.39 is 10.0 Å². The van der Waals surface area contributed by atoms with E-state index in [1.54, 1.807) is 18.2 Å². The van der Waals surface area contributed by atoms with E-state index in [1.807, 2.05) is 19.1 Å². The van der Waals surface area contributed by atoms with Gasteiger partial charge in [-0.05, 0) is 19.1 Å². The van der Waals surface area contributed by atoms with E-state index in [9.17, 15) is 8.42 Å². The lowest BCUT2D eigenvalue weighted by Crippen LogP contribution is -2.28. The van der Waals surface area contributed by atoms with Crippen LogP contribution in [0.25, 0.3) is 0 Å². The van der Waals surface area contributed by atoms with Crippen molar-refractivity contribution in [2.45, 2.75) is 11.8 Å². The normalized spacial score (nSPS) is 21.2. The monoisotopic (exact) mass is 263 g/mol. The van der Waals surface area contributed by atoms with E-state index in [0.717, 1.165) is 11.1 Å². The van der Waals surface area contributed by atoms with E-state index >= 15 is 0 Å². The third-order valence-corrected chi connectivity index (χ3v) is 5.07. The maximum atomic E-state index is 12.4. The van der Waals surface area contributed by atoms with E-state index in [4.69, 9.17) is 0 Å². The summed E-state index contributed by atoms with van der Waals surface area (Å²) in [4.78, 5) is 0.339. The lowest BCUT2D eigenvalue weighted by atomic mass is 10.1. The predicted molar refractivity (Wildman–Crippen MR) is 72.8 cm³/mol. The van der Waals surface area contributed by atoms with Gasteiger partial charge in [0.25, 0.3) is 0 Å². The molecule has 0 amide bonds. The highest BCUT2D eigenvalue weighted by Crippen LogP contribution is 2.27. The summed E-state index contributed by atoms with van der Waals surface area (Å²) in [6.45, 7) is 10.4. The Bertz CT molecular complexity index is 572. The van der Waals surface area contributed by atoms with Crippen LogP contribution in [0.15, 0.2) is 54.0 Å². The van der Waals surface area contributed by atoms with Crippen LogP contribution in [0, 0.1) is 12.8 Å². The summed E-state index contributed by atoms with van der Waals surface area (Å²) in [5, 5.41) is 0. The molecule has 0 aliphatic carbocycles. The first-order valence-electron chi connectivity index (χ1n) is 5.82. The molecule has 1 aliphatic heterocycles. The van der Waals surface area contributed by atoms with Crippen LogP contribution >= 0.6 is 0 Å². The van der Waals surface area contributed by atoms with Gasteiger partial charge in [0.05, 0.1) is 4.90 Å². The lowest BCUT2D eigenvalue weighted by molar-refractivity contribution is 0.471. The molecule has 0 N–H and O–H groups in total. The molecule has 1 aromatic carbocycles. The van der Waals surface area contributed by atoms with E-state index in [1.165, 1.54) is 4.31 Å². The van der Waals surface area contributed by atoms with Crippen molar-refractivity contribution in [1.29, 1.82) is 0 Å². The Morgan fingerprint density at radius 1 is 1.33 bits per heavy atom. The molecule has 0 bridgehead atoms. The van der Waals surface area contributed by atoms with Crippen molar-refractivity contribution in [2.24, 2.45) is 5.92 Å². The van der Waals surface area contributed by atoms with Gasteiger partial charge >= 0.3 is 0 Å². The summed E-state index contributed by atoms with van der Waals surface area (Å²) < 4.78 is 26.3. The van der Waals surface area contributed by atoms with E-state index in [2.05, 4.69) is 13.2 Å². The summed E-state index contributed by atoms with van der Waals surface area (Å²) in [5.41, 5.74) is 1.95. The Kier molecular flexibility index (Phi) is 3.41. The van der Waals surface area contributed by atoms with Crippen LogP contribution in [-0.2, 0) is 10.0 Å². The highest BCUT2D eigenvalue weighted by molar-refractivity contribution is 7.89. The standard InChI is InChI=1S/C14H17NO2S/c1-4-13-10-15(9-12(13)3)18(16,17)14-7-5-11(2)6-8-14/h4-8,13H,1,3,9-10H2,2H3/t13-/m0/s1. The molecule has 1 aliphatic rings. The molecule has 1 atom stereocenters. The smallest absolute Gasteiger partial charge is 0.207 e. The van der Waals surface area contributed by atoms with Crippen LogP contribution in [0.1, 0.15) is 5.56 Å². The van der Waals surface area contributed by atoms with E-state index in [-0.39, 0.29) is 5.92 Å². The zero-order valence-electron chi connectivity index (χ0n) is 10.5. The van der Waals surface area contributed by atoms with Gasteiger partial charge in [-0.3, -0.25) is 0 Å². The first-order chi connectivity index (χ1) is 8.45. The fourth-order valence-corrected chi connectivity index (χ4v) is 3.51. The van der Waals surface area contributed by atoms with Crippen LogP contribution < -0.4 is 0 Å². The molecule has 96 valence electrons. The van der Waals surface area contributed by atoms with Crippen LogP contribution in [0.3, 0.4) is 0 Å². The minimum Gasteiger partial charge on any atom is -0.207 e. The first-order valence-corrected chi connectivity index (χ1v) is 7.26. The van der Waals surface area contributed by atoms with Gasteiger partial charge in [-0.1, -0.05) is 35.9 Å². The van der Waals surface area contributed by atoms with Crippen molar-refractivity contribution in [1.82, 2.24) is 4.31 Å². The molecule has 2 rings (SSSR count). The molecule has 4 heteroatoms. The van der Waals surface area contributed by atoms with Gasteiger partial charge in [0, 0.05) is 19.0 Å². The third kappa shape index (κ3) is 2.26. The van der Waals surface area contributed by atoms with Crippen molar-refractivity contribution in [3.8, 4) is 0 Å². The second-order valence-corrected chi connectivity index (χ2v) is 6.55. The van der Waals surface area contributed by atoms with Gasteiger partial charge in [0.1, 0.15) is 0 Å². The molecule has 0 saturated carbocycles. The number of rotatable bonds is 3. The Labute approximate surface area is 108 Å². The van der Waals surface area contributed by atoms with Crippen LogP contribution in [-0.4, -0.2) is 25.8 Å². The molecule has 3 nitrogen and oxygen atoms in total. The molecule has 1 heterocycles. The zero-order valence-corrected chi connectivity index (χ0v) is 11.3. The Morgan fingerprint density at radius 3 is 2.44 bits per heavy atom. The van der Waals surface area contributed by atoms with Crippen molar-refractivity contribution < 1.29 is 8.42 Å². The van der Waals surface area contributed by atoms with Crippen LogP contribution in [0.5, 0.6) is 0 Å². The van der Waals surface area contributed by atoms with Gasteiger partial charge in [0.15, 0.2) is 0 Å². The number of sulfonamides is 1. The lowest BCUT2D eigenvalue weighted by Gasteiger charge is -2.15. The summed E-state index contributed by atoms with van der Waals surface area (Å²) in [6, 6.07) is 6.91. The maximum absolute atomic E-state index is 12.4. The minimum atomic E-state index is -3.41. The summed E-state index contributed by atoms with van der Waals surface area (Å²) >= 11 is 0. The van der Waals surface area contributed by atoms with Gasteiger partial charge in [-0.25, -0.2) is 8.42 Å². The molecule has 1 saturated heterocycles. The van der Waals surface area contributed by atoms with Gasteiger partial charge < -0.3 is 0 Å². The Balaban J connectivity index is 2.30. The average Bonchev–Trinajstić information content (AvgIpc) is 2.72. The van der Waals surface area contributed by atoms with Gasteiger partial charge in [-0.15, -0.1) is 6.58 Å². The topological polar surface area (TPSA) is 37.4 Å². The van der Waals surface area contributed by atoms with Crippen molar-refractivity contribution in [3.63, 3.8) is 0 Å². The second kappa shape index (κ2) is 4.71. The van der Waals surface area contributed by atoms with Gasteiger partial charge in [-0.2, -0.15) is 4.31 Å². The maximum Gasteiger partial charge on any atom is 0.243 e. The van der Waals surface area contributed by atoms with Crippen molar-refractivity contribution in [2.75, 3.05) is 13.1 Å². The molecule has 0 radical (unpaired) electrons. The molecule has 0 spiro atoms. The SMILES string of the molecule is C=C[C@H]1CN(S(=O)(=O)c2ccc(C)cc2)CC1=C. The second-order valence-electron chi connectivity index (χ2n) is 4.61. The zero-order chi connectivity index (χ0) is 13.3. The number of benzene rings is 1. The average molecular weight is 263 g/mol. The molecule has 1 fully saturated rings. The third-order valence-electron chi connectivity index (χ3n) is 3.25. The minimum absolute atomic E-state index is 0.0604. The largest absolute Gasteiger partial charge is 0.243 e. The fraction of sp³-hybridized carbons (Fsp3) is 0.286. The van der Waals surface area contributed by atoms with Crippen LogP contribution in [0.4, 0.5) is 0 Å². The number of hydrogen-bond acceptors (Lipinski definition) is 2. The van der Waals surface area contributed by atoms with Crippen molar-refractivity contribution in [3.05, 3.63) is 54.6 Å². The highest BCUT2D eigenvalue weighted by Gasteiger charge is 2.33. The van der Waals surface area contributed by atoms with E-state index in [0.29, 0.717) is 18.0 Å². The molecule has 0 unspecified atom stereocenters. The number of aryl methyl sites for hydroxylation is 1. The number of hydrogen-bond donors (Lipinski definition) is 0. The molecular formula is C14H17NO2S. The quantitative estimate of drug-likeness (QED) is 0.785. The highest BCUT2D eigenvalue weighted by atomic mass is 32.2. The predicted octanol–water partition coefficient (Wildman–Crippen LogP) is 2.36. The molecule has 0 aromatic heterocycles. The summed E-state index contributed by atoms with van der Waals surface area (Å²) in [5.74, 6) is 0.0604. The number of nitrogens with zero attached hydrogens (tertiary/aromatic N) is 1.